The van der Waals surface area contributed by atoms with Crippen LogP contribution in [0.4, 0.5) is 0 Å². The third kappa shape index (κ3) is 1.89. The van der Waals surface area contributed by atoms with Crippen LogP contribution in [0.5, 0.6) is 0 Å². The summed E-state index contributed by atoms with van der Waals surface area (Å²) in [5, 5.41) is 7.99. The first kappa shape index (κ1) is 9.86. The highest BCUT2D eigenvalue weighted by Crippen LogP contribution is 2.16. The van der Waals surface area contributed by atoms with Crippen molar-refractivity contribution in [2.75, 3.05) is 6.54 Å². The number of nitrogens with two attached hydrogens (primary N) is 1. The van der Waals surface area contributed by atoms with Crippen molar-refractivity contribution in [1.29, 1.82) is 0 Å². The van der Waals surface area contributed by atoms with E-state index in [1.165, 1.54) is 0 Å². The highest BCUT2D eigenvalue weighted by Gasteiger charge is 2.11. The molecule has 0 bridgehead atoms. The zero-order valence-electron chi connectivity index (χ0n) is 8.67. The number of para-hydroxylation sites is 1. The van der Waals surface area contributed by atoms with E-state index in [2.05, 4.69) is 17.2 Å². The van der Waals surface area contributed by atoms with Crippen LogP contribution in [-0.4, -0.2) is 21.5 Å². The van der Waals surface area contributed by atoms with Crippen LogP contribution in [0.25, 0.3) is 5.69 Å². The molecule has 0 saturated heterocycles. The van der Waals surface area contributed by atoms with Gasteiger partial charge in [0.15, 0.2) is 0 Å². The number of benzene rings is 1. The van der Waals surface area contributed by atoms with Crippen molar-refractivity contribution in [1.82, 2.24) is 15.0 Å². The Morgan fingerprint density at radius 2 is 2.07 bits per heavy atom. The molecule has 0 spiro atoms. The van der Waals surface area contributed by atoms with E-state index in [9.17, 15) is 0 Å². The lowest BCUT2D eigenvalue weighted by atomic mass is 10.1. The SMILES string of the molecule is CC(CN)c1cnnn1-c1ccccc1. The van der Waals surface area contributed by atoms with Gasteiger partial charge < -0.3 is 5.73 Å². The summed E-state index contributed by atoms with van der Waals surface area (Å²) in [4.78, 5) is 0. The monoisotopic (exact) mass is 202 g/mol. The van der Waals surface area contributed by atoms with E-state index in [-0.39, 0.29) is 5.92 Å². The van der Waals surface area contributed by atoms with Gasteiger partial charge in [0.2, 0.25) is 0 Å². The van der Waals surface area contributed by atoms with Crippen LogP contribution in [0.15, 0.2) is 36.5 Å². The molecule has 0 aliphatic rings. The van der Waals surface area contributed by atoms with Crippen molar-refractivity contribution in [2.24, 2.45) is 5.73 Å². The van der Waals surface area contributed by atoms with Crippen LogP contribution < -0.4 is 5.73 Å². The molecular formula is C11H14N4. The zero-order valence-corrected chi connectivity index (χ0v) is 8.67. The molecule has 1 aromatic heterocycles. The normalized spacial score (nSPS) is 12.7. The third-order valence-electron chi connectivity index (χ3n) is 2.43. The van der Waals surface area contributed by atoms with Crippen LogP contribution in [0.3, 0.4) is 0 Å². The molecule has 0 radical (unpaired) electrons. The topological polar surface area (TPSA) is 56.7 Å². The van der Waals surface area contributed by atoms with Crippen molar-refractivity contribution in [3.05, 3.63) is 42.2 Å². The standard InChI is InChI=1S/C11H14N4/c1-9(7-12)11-8-13-14-15(11)10-5-3-2-4-6-10/h2-6,8-9H,7,12H2,1H3. The van der Waals surface area contributed by atoms with Gasteiger partial charge in [-0.15, -0.1) is 5.10 Å². The molecule has 4 heteroatoms. The number of aromatic nitrogens is 3. The first-order chi connectivity index (χ1) is 7.33. The molecule has 15 heavy (non-hydrogen) atoms. The molecule has 0 aliphatic heterocycles. The summed E-state index contributed by atoms with van der Waals surface area (Å²) in [7, 11) is 0. The lowest BCUT2D eigenvalue weighted by Gasteiger charge is -2.10. The average molecular weight is 202 g/mol. The van der Waals surface area contributed by atoms with Crippen molar-refractivity contribution in [2.45, 2.75) is 12.8 Å². The summed E-state index contributed by atoms with van der Waals surface area (Å²) in [6, 6.07) is 9.94. The second kappa shape index (κ2) is 4.23. The van der Waals surface area contributed by atoms with E-state index in [1.54, 1.807) is 6.20 Å². The maximum Gasteiger partial charge on any atom is 0.0733 e. The van der Waals surface area contributed by atoms with Gasteiger partial charge in [-0.3, -0.25) is 0 Å². The predicted octanol–water partition coefficient (Wildman–Crippen LogP) is 1.33. The van der Waals surface area contributed by atoms with Gasteiger partial charge in [-0.05, 0) is 12.1 Å². The smallest absolute Gasteiger partial charge is 0.0733 e. The van der Waals surface area contributed by atoms with Crippen LogP contribution in [-0.2, 0) is 0 Å². The molecule has 0 fully saturated rings. The second-order valence-corrected chi connectivity index (χ2v) is 3.54. The minimum atomic E-state index is 0.264. The molecule has 2 aromatic rings. The van der Waals surface area contributed by atoms with E-state index < -0.39 is 0 Å². The zero-order chi connectivity index (χ0) is 10.7. The van der Waals surface area contributed by atoms with Crippen molar-refractivity contribution in [3.63, 3.8) is 0 Å². The Morgan fingerprint density at radius 1 is 1.33 bits per heavy atom. The quantitative estimate of drug-likeness (QED) is 0.816. The first-order valence-electron chi connectivity index (χ1n) is 4.99. The van der Waals surface area contributed by atoms with Crippen LogP contribution in [0, 0.1) is 0 Å². The molecule has 1 atom stereocenters. The summed E-state index contributed by atoms with van der Waals surface area (Å²) < 4.78 is 1.83. The fourth-order valence-electron chi connectivity index (χ4n) is 1.47. The van der Waals surface area contributed by atoms with Crippen LogP contribution in [0.1, 0.15) is 18.5 Å². The van der Waals surface area contributed by atoms with Gasteiger partial charge in [0.25, 0.3) is 0 Å². The molecule has 78 valence electrons. The molecule has 0 saturated carbocycles. The molecule has 2 N–H and O–H groups in total. The van der Waals surface area contributed by atoms with Crippen LogP contribution in [0.2, 0.25) is 0 Å². The molecule has 1 unspecified atom stereocenters. The number of hydrogen-bond donors (Lipinski definition) is 1. The largest absolute Gasteiger partial charge is 0.330 e. The Hall–Kier alpha value is -1.68. The lowest BCUT2D eigenvalue weighted by Crippen LogP contribution is -2.13. The van der Waals surface area contributed by atoms with Gasteiger partial charge in [-0.25, -0.2) is 4.68 Å². The van der Waals surface area contributed by atoms with Gasteiger partial charge in [-0.1, -0.05) is 30.3 Å². The Labute approximate surface area is 88.7 Å². The van der Waals surface area contributed by atoms with Crippen molar-refractivity contribution >= 4 is 0 Å². The van der Waals surface area contributed by atoms with Crippen molar-refractivity contribution < 1.29 is 0 Å². The molecule has 0 amide bonds. The number of nitrogens with zero attached hydrogens (tertiary/aromatic N) is 3. The molecule has 4 nitrogen and oxygen atoms in total. The molecule has 1 heterocycles. The molecule has 2 rings (SSSR count). The van der Waals surface area contributed by atoms with Gasteiger partial charge in [-0.2, -0.15) is 0 Å². The van der Waals surface area contributed by atoms with Gasteiger partial charge in [0, 0.05) is 12.5 Å². The van der Waals surface area contributed by atoms with Crippen molar-refractivity contribution in [3.8, 4) is 5.69 Å². The summed E-state index contributed by atoms with van der Waals surface area (Å²) in [5.41, 5.74) is 7.71. The third-order valence-corrected chi connectivity index (χ3v) is 2.43. The fraction of sp³-hybridized carbons (Fsp3) is 0.273. The number of hydrogen-bond acceptors (Lipinski definition) is 3. The Morgan fingerprint density at radius 3 is 2.73 bits per heavy atom. The minimum Gasteiger partial charge on any atom is -0.330 e. The highest BCUT2D eigenvalue weighted by molar-refractivity contribution is 5.32. The molecular weight excluding hydrogens is 188 g/mol. The Bertz CT molecular complexity index is 421. The lowest BCUT2D eigenvalue weighted by molar-refractivity contribution is 0.682. The van der Waals surface area contributed by atoms with E-state index in [4.69, 9.17) is 5.73 Å². The molecule has 1 aromatic carbocycles. The highest BCUT2D eigenvalue weighted by atomic mass is 15.4. The van der Waals surface area contributed by atoms with Gasteiger partial charge in [0.05, 0.1) is 17.6 Å². The average Bonchev–Trinajstić information content (AvgIpc) is 2.78. The Balaban J connectivity index is 2.41. The Kier molecular flexibility index (Phi) is 2.78. The first-order valence-corrected chi connectivity index (χ1v) is 4.99. The van der Waals surface area contributed by atoms with E-state index >= 15 is 0 Å². The summed E-state index contributed by atoms with van der Waals surface area (Å²) in [5.74, 6) is 0.264. The van der Waals surface area contributed by atoms with E-state index in [1.807, 2.05) is 35.0 Å². The summed E-state index contributed by atoms with van der Waals surface area (Å²) >= 11 is 0. The molecule has 0 aliphatic carbocycles. The summed E-state index contributed by atoms with van der Waals surface area (Å²) in [6.45, 7) is 2.67. The van der Waals surface area contributed by atoms with E-state index in [0.29, 0.717) is 6.54 Å². The number of rotatable bonds is 3. The fourth-order valence-corrected chi connectivity index (χ4v) is 1.47. The minimum absolute atomic E-state index is 0.264. The van der Waals surface area contributed by atoms with Gasteiger partial charge in [0.1, 0.15) is 0 Å². The predicted molar refractivity (Wildman–Crippen MR) is 58.8 cm³/mol. The maximum absolute atomic E-state index is 5.64. The second-order valence-electron chi connectivity index (χ2n) is 3.54. The van der Waals surface area contributed by atoms with Gasteiger partial charge >= 0.3 is 0 Å². The van der Waals surface area contributed by atoms with Crippen LogP contribution >= 0.6 is 0 Å². The van der Waals surface area contributed by atoms with E-state index in [0.717, 1.165) is 11.4 Å². The summed E-state index contributed by atoms with van der Waals surface area (Å²) in [6.07, 6.45) is 1.77. The maximum atomic E-state index is 5.64.